The molecule has 3 rings (SSSR count). The van der Waals surface area contributed by atoms with E-state index in [0.29, 0.717) is 6.61 Å². The van der Waals surface area contributed by atoms with E-state index in [1.807, 2.05) is 25.1 Å². The Bertz CT molecular complexity index is 688. The summed E-state index contributed by atoms with van der Waals surface area (Å²) in [5, 5.41) is 11.0. The van der Waals surface area contributed by atoms with E-state index in [4.69, 9.17) is 16.3 Å². The zero-order valence-corrected chi connectivity index (χ0v) is 16.1. The van der Waals surface area contributed by atoms with Crippen LogP contribution in [0.4, 0.5) is 0 Å². The van der Waals surface area contributed by atoms with Crippen LogP contribution in [0, 0.1) is 6.92 Å². The van der Waals surface area contributed by atoms with E-state index in [2.05, 4.69) is 30.3 Å². The van der Waals surface area contributed by atoms with Crippen molar-refractivity contribution in [2.75, 3.05) is 39.3 Å². The second-order valence-corrected chi connectivity index (χ2v) is 7.65. The van der Waals surface area contributed by atoms with E-state index >= 15 is 0 Å². The van der Waals surface area contributed by atoms with E-state index in [0.717, 1.165) is 55.6 Å². The fraction of sp³-hybridized carbons (Fsp3) is 0.429. The molecule has 1 atom stereocenters. The second-order valence-electron chi connectivity index (χ2n) is 7.24. The standard InChI is InChI=1S/C21H27ClN2O2/c1-17-13-20(7-8-21(17)22)26-16-19(25)15-24-11-9-23(10-12-24)14-18-5-3-2-4-6-18/h2-8,13,19,25H,9-12,14-16H2,1H3/p+2/t19-/m0/s1. The number of aliphatic hydroxyl groups is 1. The molecule has 140 valence electrons. The van der Waals surface area contributed by atoms with Crippen molar-refractivity contribution in [2.24, 2.45) is 0 Å². The highest BCUT2D eigenvalue weighted by Crippen LogP contribution is 2.20. The third-order valence-electron chi connectivity index (χ3n) is 5.06. The number of benzene rings is 2. The fourth-order valence-corrected chi connectivity index (χ4v) is 3.63. The van der Waals surface area contributed by atoms with E-state index in [9.17, 15) is 5.11 Å². The van der Waals surface area contributed by atoms with E-state index in [1.165, 1.54) is 10.5 Å². The Kier molecular flexibility index (Phi) is 6.92. The Hall–Kier alpha value is -1.59. The highest BCUT2D eigenvalue weighted by atomic mass is 35.5. The Morgan fingerprint density at radius 1 is 1.04 bits per heavy atom. The fourth-order valence-electron chi connectivity index (χ4n) is 3.51. The number of rotatable bonds is 7. The van der Waals surface area contributed by atoms with Gasteiger partial charge in [0.05, 0.1) is 0 Å². The van der Waals surface area contributed by atoms with Crippen molar-refractivity contribution in [3.8, 4) is 5.75 Å². The number of ether oxygens (including phenoxy) is 1. The molecule has 0 amide bonds. The average molecular weight is 377 g/mol. The number of nitrogens with one attached hydrogen (secondary N) is 2. The molecule has 3 N–H and O–H groups in total. The highest BCUT2D eigenvalue weighted by molar-refractivity contribution is 6.31. The summed E-state index contributed by atoms with van der Waals surface area (Å²) >= 11 is 6.02. The first-order valence-electron chi connectivity index (χ1n) is 9.38. The SMILES string of the molecule is Cc1cc(OC[C@@H](O)C[NH+]2CC[NH+](Cc3ccccc3)CC2)ccc1Cl. The minimum atomic E-state index is -0.448. The Morgan fingerprint density at radius 2 is 1.73 bits per heavy atom. The average Bonchev–Trinajstić information content (AvgIpc) is 2.65. The number of aryl methyl sites for hydroxylation is 1. The largest absolute Gasteiger partial charge is 0.491 e. The molecule has 1 fully saturated rings. The van der Waals surface area contributed by atoms with Crippen molar-refractivity contribution in [1.29, 1.82) is 0 Å². The van der Waals surface area contributed by atoms with Crippen LogP contribution in [-0.4, -0.2) is 50.5 Å². The summed E-state index contributed by atoms with van der Waals surface area (Å²) in [6.07, 6.45) is -0.448. The molecule has 1 aliphatic heterocycles. The van der Waals surface area contributed by atoms with Gasteiger partial charge in [0.15, 0.2) is 0 Å². The maximum Gasteiger partial charge on any atom is 0.137 e. The van der Waals surface area contributed by atoms with Crippen molar-refractivity contribution < 1.29 is 19.6 Å². The van der Waals surface area contributed by atoms with Gasteiger partial charge in [0.2, 0.25) is 0 Å². The lowest BCUT2D eigenvalue weighted by atomic mass is 10.2. The van der Waals surface area contributed by atoms with Crippen molar-refractivity contribution in [3.05, 3.63) is 64.7 Å². The summed E-state index contributed by atoms with van der Waals surface area (Å²) in [5.74, 6) is 0.762. The van der Waals surface area contributed by atoms with Crippen LogP contribution in [0.5, 0.6) is 5.75 Å². The second kappa shape index (κ2) is 9.38. The molecule has 1 aliphatic rings. The van der Waals surface area contributed by atoms with Gasteiger partial charge >= 0.3 is 0 Å². The molecule has 0 bridgehead atoms. The molecule has 0 spiro atoms. The lowest BCUT2D eigenvalue weighted by Crippen LogP contribution is -3.28. The van der Waals surface area contributed by atoms with Crippen molar-refractivity contribution in [2.45, 2.75) is 19.6 Å². The van der Waals surface area contributed by atoms with Crippen LogP contribution in [0.25, 0.3) is 0 Å². The predicted octanol–water partition coefficient (Wildman–Crippen LogP) is 0.372. The molecule has 5 heteroatoms. The van der Waals surface area contributed by atoms with Crippen LogP contribution < -0.4 is 14.5 Å². The summed E-state index contributed by atoms with van der Waals surface area (Å²) < 4.78 is 5.72. The Morgan fingerprint density at radius 3 is 2.42 bits per heavy atom. The molecule has 26 heavy (non-hydrogen) atoms. The van der Waals surface area contributed by atoms with E-state index < -0.39 is 6.10 Å². The summed E-state index contributed by atoms with van der Waals surface area (Å²) in [6, 6.07) is 16.3. The number of hydrogen-bond donors (Lipinski definition) is 3. The van der Waals surface area contributed by atoms with Crippen LogP contribution in [0.3, 0.4) is 0 Å². The molecule has 0 aliphatic carbocycles. The number of hydrogen-bond acceptors (Lipinski definition) is 2. The van der Waals surface area contributed by atoms with Crippen molar-refractivity contribution in [1.82, 2.24) is 0 Å². The number of halogens is 1. The monoisotopic (exact) mass is 376 g/mol. The predicted molar refractivity (Wildman–Crippen MR) is 104 cm³/mol. The quantitative estimate of drug-likeness (QED) is 0.653. The molecule has 2 aromatic rings. The van der Waals surface area contributed by atoms with Gasteiger partial charge < -0.3 is 19.6 Å². The first-order chi connectivity index (χ1) is 12.6. The van der Waals surface area contributed by atoms with Gasteiger partial charge in [-0.05, 0) is 30.7 Å². The van der Waals surface area contributed by atoms with Gasteiger partial charge in [-0.1, -0.05) is 41.9 Å². The minimum absolute atomic E-state index is 0.325. The number of aliphatic hydroxyl groups excluding tert-OH is 1. The Balaban J connectivity index is 1.37. The lowest BCUT2D eigenvalue weighted by molar-refractivity contribution is -1.02. The molecule has 2 aromatic carbocycles. The maximum absolute atomic E-state index is 10.3. The van der Waals surface area contributed by atoms with Gasteiger partial charge in [0.1, 0.15) is 57.7 Å². The van der Waals surface area contributed by atoms with Gasteiger partial charge in [0.25, 0.3) is 0 Å². The van der Waals surface area contributed by atoms with Crippen molar-refractivity contribution in [3.63, 3.8) is 0 Å². The highest BCUT2D eigenvalue weighted by Gasteiger charge is 2.25. The van der Waals surface area contributed by atoms with Crippen LogP contribution in [0.15, 0.2) is 48.5 Å². The molecule has 0 aromatic heterocycles. The molecule has 0 saturated carbocycles. The normalized spacial score (nSPS) is 21.3. The lowest BCUT2D eigenvalue weighted by Gasteiger charge is -2.30. The molecule has 0 radical (unpaired) electrons. The summed E-state index contributed by atoms with van der Waals surface area (Å²) in [5.41, 5.74) is 2.39. The summed E-state index contributed by atoms with van der Waals surface area (Å²) in [4.78, 5) is 3.09. The maximum atomic E-state index is 10.3. The van der Waals surface area contributed by atoms with Gasteiger partial charge in [-0.25, -0.2) is 0 Å². The summed E-state index contributed by atoms with van der Waals surface area (Å²) in [6.45, 7) is 8.60. The van der Waals surface area contributed by atoms with Crippen LogP contribution in [-0.2, 0) is 6.54 Å². The number of piperazine rings is 1. The molecule has 0 unspecified atom stereocenters. The van der Waals surface area contributed by atoms with E-state index in [-0.39, 0.29) is 0 Å². The van der Waals surface area contributed by atoms with Crippen molar-refractivity contribution >= 4 is 11.6 Å². The van der Waals surface area contributed by atoms with Crippen LogP contribution in [0.1, 0.15) is 11.1 Å². The topological polar surface area (TPSA) is 38.3 Å². The summed E-state index contributed by atoms with van der Waals surface area (Å²) in [7, 11) is 0. The molecule has 1 heterocycles. The smallest absolute Gasteiger partial charge is 0.137 e. The molecular formula is C21H29ClN2O2+2. The zero-order valence-electron chi connectivity index (χ0n) is 15.4. The van der Waals surface area contributed by atoms with Gasteiger partial charge in [-0.2, -0.15) is 0 Å². The van der Waals surface area contributed by atoms with Gasteiger partial charge in [-0.3, -0.25) is 0 Å². The Labute approximate surface area is 160 Å². The minimum Gasteiger partial charge on any atom is -0.491 e. The zero-order chi connectivity index (χ0) is 18.4. The first-order valence-corrected chi connectivity index (χ1v) is 9.76. The number of quaternary nitrogens is 2. The van der Waals surface area contributed by atoms with Gasteiger partial charge in [-0.15, -0.1) is 0 Å². The van der Waals surface area contributed by atoms with E-state index in [1.54, 1.807) is 4.90 Å². The molecule has 1 saturated heterocycles. The molecular weight excluding hydrogens is 348 g/mol. The third-order valence-corrected chi connectivity index (χ3v) is 5.48. The molecule has 4 nitrogen and oxygen atoms in total. The third kappa shape index (κ3) is 5.71. The van der Waals surface area contributed by atoms with Crippen LogP contribution >= 0.6 is 11.6 Å². The first kappa shape index (κ1) is 19.2. The van der Waals surface area contributed by atoms with Crippen LogP contribution in [0.2, 0.25) is 5.02 Å². The van der Waals surface area contributed by atoms with Gasteiger partial charge in [0, 0.05) is 10.6 Å².